The average Bonchev–Trinajstić information content (AvgIpc) is 2.92. The molecule has 3 aromatic rings. The van der Waals surface area contributed by atoms with E-state index < -0.39 is 17.3 Å². The van der Waals surface area contributed by atoms with Crippen molar-refractivity contribution in [1.29, 1.82) is 0 Å². The highest BCUT2D eigenvalue weighted by Gasteiger charge is 2.59. The highest BCUT2D eigenvalue weighted by atomic mass is 16.5. The van der Waals surface area contributed by atoms with Crippen molar-refractivity contribution < 1.29 is 19.4 Å². The first-order valence-corrected chi connectivity index (χ1v) is 12.2. The summed E-state index contributed by atoms with van der Waals surface area (Å²) in [5.74, 6) is -0.855. The predicted molar refractivity (Wildman–Crippen MR) is 141 cm³/mol. The summed E-state index contributed by atoms with van der Waals surface area (Å²) in [5, 5.41) is 10.4. The van der Waals surface area contributed by atoms with Crippen molar-refractivity contribution in [2.24, 2.45) is 5.92 Å². The van der Waals surface area contributed by atoms with Crippen molar-refractivity contribution in [3.8, 4) is 11.5 Å². The number of ether oxygens (including phenoxy) is 1. The predicted octanol–water partition coefficient (Wildman–Crippen LogP) is 6.18. The third-order valence-corrected chi connectivity index (χ3v) is 7.38. The van der Waals surface area contributed by atoms with Gasteiger partial charge in [0.05, 0.1) is 12.0 Å². The van der Waals surface area contributed by atoms with Gasteiger partial charge in [-0.2, -0.15) is 0 Å². The van der Waals surface area contributed by atoms with E-state index in [1.807, 2.05) is 73.7 Å². The van der Waals surface area contributed by atoms with Crippen LogP contribution in [0.25, 0.3) is 5.57 Å². The summed E-state index contributed by atoms with van der Waals surface area (Å²) in [4.78, 5) is 28.6. The molecule has 4 nitrogen and oxygen atoms in total. The third-order valence-electron chi connectivity index (χ3n) is 7.38. The molecule has 0 aromatic heterocycles. The average molecular weight is 477 g/mol. The minimum Gasteiger partial charge on any atom is -0.504 e. The Balaban J connectivity index is 1.80. The van der Waals surface area contributed by atoms with Crippen molar-refractivity contribution in [3.63, 3.8) is 0 Å². The van der Waals surface area contributed by atoms with E-state index in [-0.39, 0.29) is 17.3 Å². The lowest BCUT2D eigenvalue weighted by atomic mass is 9.50. The number of phenolic OH excluding ortho intramolecular Hbond substituents is 1. The second-order valence-corrected chi connectivity index (χ2v) is 9.18. The molecule has 0 saturated heterocycles. The molecule has 1 N–H and O–H groups in total. The lowest BCUT2D eigenvalue weighted by Crippen LogP contribution is -2.54. The van der Waals surface area contributed by atoms with Crippen molar-refractivity contribution in [3.05, 3.63) is 126 Å². The van der Waals surface area contributed by atoms with E-state index in [1.165, 1.54) is 6.08 Å². The number of hydrogen-bond donors (Lipinski definition) is 1. The van der Waals surface area contributed by atoms with Crippen LogP contribution in [0.3, 0.4) is 0 Å². The van der Waals surface area contributed by atoms with Gasteiger partial charge in [-0.05, 0) is 53.8 Å². The Bertz CT molecular complexity index is 1380. The summed E-state index contributed by atoms with van der Waals surface area (Å²) in [6.07, 6.45) is 5.75. The zero-order valence-corrected chi connectivity index (χ0v) is 20.2. The molecule has 0 radical (unpaired) electrons. The van der Waals surface area contributed by atoms with Crippen LogP contribution in [0.15, 0.2) is 109 Å². The summed E-state index contributed by atoms with van der Waals surface area (Å²) in [7, 11) is 0. The highest BCUT2D eigenvalue weighted by Crippen LogP contribution is 2.57. The second-order valence-electron chi connectivity index (χ2n) is 9.18. The first kappa shape index (κ1) is 23.6. The SMILES string of the molecule is C=CC1=CC[C@H]2C(=O)C(c3ccccc3)=CC(=O)[C@@]2(c2ccccc2)[C@H]1c1ccc(O)c(OCC)c1. The largest absolute Gasteiger partial charge is 0.504 e. The Morgan fingerprint density at radius 3 is 2.39 bits per heavy atom. The van der Waals surface area contributed by atoms with Crippen LogP contribution in [-0.4, -0.2) is 23.3 Å². The summed E-state index contributed by atoms with van der Waals surface area (Å²) in [6, 6.07) is 24.1. The standard InChI is InChI=1S/C32H28O4/c1-3-21-15-17-26-31(35)25(22-11-7-5-8-12-22)20-29(34)32(26,24-13-9-6-10-14-24)30(21)23-16-18-27(33)28(19-23)36-4-2/h3,5-16,18-20,26,30,33H,1,4,17H2,2H3/t26-,30+,32-/m0/s1. The molecule has 5 rings (SSSR count). The van der Waals surface area contributed by atoms with Crippen LogP contribution in [0, 0.1) is 5.92 Å². The fraction of sp³-hybridized carbons (Fsp3) is 0.188. The molecule has 180 valence electrons. The lowest BCUT2D eigenvalue weighted by Gasteiger charge is -2.49. The molecule has 0 fully saturated rings. The second kappa shape index (κ2) is 9.46. The van der Waals surface area contributed by atoms with Gasteiger partial charge in [-0.1, -0.05) is 85.5 Å². The fourth-order valence-electron chi connectivity index (χ4n) is 5.86. The van der Waals surface area contributed by atoms with Gasteiger partial charge in [0.1, 0.15) is 0 Å². The van der Waals surface area contributed by atoms with E-state index in [9.17, 15) is 14.7 Å². The summed E-state index contributed by atoms with van der Waals surface area (Å²) in [5.41, 5.74) is 2.49. The van der Waals surface area contributed by atoms with Crippen LogP contribution in [0.1, 0.15) is 36.0 Å². The van der Waals surface area contributed by atoms with Crippen molar-refractivity contribution in [2.75, 3.05) is 6.61 Å². The van der Waals surface area contributed by atoms with Crippen LogP contribution in [-0.2, 0) is 15.0 Å². The molecule has 4 heteroatoms. The highest BCUT2D eigenvalue weighted by molar-refractivity contribution is 6.31. The molecule has 2 aliphatic carbocycles. The van der Waals surface area contributed by atoms with E-state index in [1.54, 1.807) is 24.3 Å². The molecule has 0 unspecified atom stereocenters. The van der Waals surface area contributed by atoms with Gasteiger partial charge in [-0.15, -0.1) is 0 Å². The van der Waals surface area contributed by atoms with Crippen molar-refractivity contribution in [2.45, 2.75) is 24.7 Å². The molecule has 0 heterocycles. The zero-order valence-electron chi connectivity index (χ0n) is 20.2. The summed E-state index contributed by atoms with van der Waals surface area (Å²) < 4.78 is 5.68. The van der Waals surface area contributed by atoms with Gasteiger partial charge in [-0.25, -0.2) is 0 Å². The number of phenols is 1. The molecule has 36 heavy (non-hydrogen) atoms. The van der Waals surface area contributed by atoms with Gasteiger partial charge in [0.15, 0.2) is 23.1 Å². The van der Waals surface area contributed by atoms with Crippen molar-refractivity contribution in [1.82, 2.24) is 0 Å². The van der Waals surface area contributed by atoms with Crippen molar-refractivity contribution >= 4 is 17.1 Å². The van der Waals surface area contributed by atoms with Gasteiger partial charge >= 0.3 is 0 Å². The van der Waals surface area contributed by atoms with Crippen LogP contribution in [0.5, 0.6) is 11.5 Å². The minimum absolute atomic E-state index is 0.0307. The maximum atomic E-state index is 14.4. The number of carbonyl (C=O) groups excluding carboxylic acids is 2. The number of fused-ring (bicyclic) bond motifs is 1. The third kappa shape index (κ3) is 3.61. The van der Waals surface area contributed by atoms with Gasteiger partial charge in [-0.3, -0.25) is 9.59 Å². The Labute approximate surface area is 211 Å². The van der Waals surface area contributed by atoms with Gasteiger partial charge in [0, 0.05) is 17.4 Å². The van der Waals surface area contributed by atoms with Crippen LogP contribution >= 0.6 is 0 Å². The molecule has 2 aliphatic rings. The van der Waals surface area contributed by atoms with E-state index >= 15 is 0 Å². The minimum atomic E-state index is -1.16. The molecular weight excluding hydrogens is 448 g/mol. The number of hydrogen-bond acceptors (Lipinski definition) is 4. The maximum absolute atomic E-state index is 14.4. The number of benzene rings is 3. The van der Waals surface area contributed by atoms with Gasteiger partial charge < -0.3 is 9.84 Å². The molecule has 0 bridgehead atoms. The van der Waals surface area contributed by atoms with E-state index in [0.29, 0.717) is 24.4 Å². The van der Waals surface area contributed by atoms with Crippen LogP contribution in [0.4, 0.5) is 0 Å². The quantitative estimate of drug-likeness (QED) is 0.461. The number of carbonyl (C=O) groups is 2. The normalized spacial score (nSPS) is 23.4. The zero-order chi connectivity index (χ0) is 25.3. The van der Waals surface area contributed by atoms with Crippen LogP contribution < -0.4 is 4.74 Å². The number of rotatable bonds is 6. The van der Waals surface area contributed by atoms with Gasteiger partial charge in [0.2, 0.25) is 0 Å². The molecule has 3 atom stereocenters. The van der Waals surface area contributed by atoms with E-state index in [0.717, 1.165) is 22.3 Å². The Hall–Kier alpha value is -4.18. The number of allylic oxidation sites excluding steroid dienone is 5. The molecule has 0 aliphatic heterocycles. The molecule has 3 aromatic carbocycles. The molecule has 0 saturated carbocycles. The smallest absolute Gasteiger partial charge is 0.168 e. The Morgan fingerprint density at radius 1 is 1.03 bits per heavy atom. The number of ketones is 2. The van der Waals surface area contributed by atoms with Gasteiger partial charge in [0.25, 0.3) is 0 Å². The number of Topliss-reactive ketones (excluding diaryl/α,β-unsaturated/α-hetero) is 1. The first-order chi connectivity index (χ1) is 17.5. The van der Waals surface area contributed by atoms with Crippen LogP contribution in [0.2, 0.25) is 0 Å². The fourth-order valence-corrected chi connectivity index (χ4v) is 5.86. The summed E-state index contributed by atoms with van der Waals surface area (Å²) in [6.45, 7) is 6.28. The Morgan fingerprint density at radius 2 is 1.72 bits per heavy atom. The topological polar surface area (TPSA) is 63.6 Å². The van der Waals surface area contributed by atoms with E-state index in [2.05, 4.69) is 6.58 Å². The number of aromatic hydroxyl groups is 1. The molecular formula is C32H28O4. The monoisotopic (exact) mass is 476 g/mol. The maximum Gasteiger partial charge on any atom is 0.168 e. The first-order valence-electron chi connectivity index (χ1n) is 12.2. The summed E-state index contributed by atoms with van der Waals surface area (Å²) >= 11 is 0. The van der Waals surface area contributed by atoms with E-state index in [4.69, 9.17) is 4.74 Å². The Kier molecular flexibility index (Phi) is 6.19. The lowest BCUT2D eigenvalue weighted by molar-refractivity contribution is -0.131. The molecule has 0 spiro atoms. The molecule has 0 amide bonds.